The van der Waals surface area contributed by atoms with Crippen LogP contribution in [0, 0.1) is 23.2 Å². The van der Waals surface area contributed by atoms with Crippen molar-refractivity contribution in [2.75, 3.05) is 40.1 Å². The summed E-state index contributed by atoms with van der Waals surface area (Å²) in [5.74, 6) is -2.44. The highest BCUT2D eigenvalue weighted by Crippen LogP contribution is 2.54. The lowest BCUT2D eigenvalue weighted by atomic mass is 9.73. The van der Waals surface area contributed by atoms with Crippen LogP contribution in [0.4, 0.5) is 22.7 Å². The third-order valence-electron chi connectivity index (χ3n) is 23.5. The Kier molecular flexibility index (Phi) is 31.2. The Morgan fingerprint density at radius 2 is 0.907 bits per heavy atom. The molecule has 5 aliphatic rings. The number of hydrogen-bond acceptors (Lipinski definition) is 15. The standard InChI is InChI=1S/C56H84N6O6.C26H43N3O2.C4H2O4/c1-15-19-21-37(17-3)31-57-47(63)23-25-49(65)59-43-29-45-41(55(11,12)35(9)61(45)33(5)6)27-39(43)51-53(67)52(54(51)68)40-28-42-46(62(34(7)8)36(10)56(42,13)14)30-44(40)60-50(66)26-24-48(64)58-32-38(18-4)22-20-16-2;1-8-10-11-20(9-2)17-27-24(30)14-15-25(31)28-21-12-13-22-23(16-21)29(18(3)4)19(5)26(22,6)7;5-1-2(6)4(8)3(1)7/h27-30,33-38,67H,15-26,31-32H2,1-14H3,(H,57,63)(H,58,64)(H,59,65);12-13,16,18-20H,8-11,14-15,17H2,1-7H3,(H,27,30)(H,28,31);5-6H. The second-order valence-electron chi connectivity index (χ2n) is 32.8. The summed E-state index contributed by atoms with van der Waals surface area (Å²) in [5.41, 5.74) is 5.91. The first-order valence-corrected chi connectivity index (χ1v) is 39.9. The number of likely N-dealkylation sites (tertiary alicyclic amines) is 1. The van der Waals surface area contributed by atoms with Gasteiger partial charge in [0.2, 0.25) is 52.7 Å². The van der Waals surface area contributed by atoms with E-state index in [1.54, 1.807) is 0 Å². The molecule has 8 rings (SSSR count). The van der Waals surface area contributed by atoms with E-state index >= 15 is 0 Å². The van der Waals surface area contributed by atoms with Crippen LogP contribution in [0.15, 0.2) is 85.2 Å². The van der Waals surface area contributed by atoms with E-state index in [2.05, 4.69) is 204 Å². The summed E-state index contributed by atoms with van der Waals surface area (Å²) >= 11 is 0. The number of benzene rings is 2. The van der Waals surface area contributed by atoms with Crippen LogP contribution in [0.2, 0.25) is 0 Å². The molecule has 1 fully saturated rings. The number of amides is 6. The van der Waals surface area contributed by atoms with Crippen molar-refractivity contribution in [2.24, 2.45) is 28.2 Å². The van der Waals surface area contributed by atoms with Crippen LogP contribution in [0.3, 0.4) is 0 Å². The fraction of sp³-hybridized carbons (Fsp3) is 0.628. The molecule has 8 N–H and O–H groups in total. The number of aliphatic hydroxyl groups is 1. The van der Waals surface area contributed by atoms with Crippen LogP contribution in [-0.4, -0.2) is 123 Å². The van der Waals surface area contributed by atoms with E-state index < -0.39 is 34.0 Å². The number of Topliss-reactive ketones (excluding diaryl/α,β-unsaturated/α-hetero) is 1. The minimum Gasteiger partial charge on any atom is -0.506 e. The van der Waals surface area contributed by atoms with E-state index in [0.29, 0.717) is 66.3 Å². The third-order valence-corrected chi connectivity index (χ3v) is 23.5. The predicted octanol–water partition coefficient (Wildman–Crippen LogP) is 15.1. The average molecular weight is 1480 g/mol. The zero-order chi connectivity index (χ0) is 79.9. The number of hydrogen-bond donors (Lipinski definition) is 8. The van der Waals surface area contributed by atoms with Crippen molar-refractivity contribution in [3.8, 4) is 11.5 Å². The SMILES string of the molecule is CCCCC(CC)CNC(=O)CCC(=O)N=C1C=C2C(=CC1=C1C(=O)C(c3cc4c(cc3NC(=O)CCC(=O)NCC(CC)CCCC)N(C(C)C)C(C)C4(C)C)=C1O)C(C)(C)C(C)N2C(C)C.CCCCC(CC)CNC(=O)CCC(=O)Nc1ccc2c(c1)N(C(C)C)C(C)C2(C)C.O=c1c(O)c(O)c1=O. The van der Waals surface area contributed by atoms with Crippen LogP contribution in [0.1, 0.15) is 278 Å². The van der Waals surface area contributed by atoms with Crippen molar-refractivity contribution in [3.63, 3.8) is 0 Å². The number of nitrogens with zero attached hydrogens (tertiary/aromatic N) is 4. The van der Waals surface area contributed by atoms with Crippen LogP contribution in [0.5, 0.6) is 11.5 Å². The largest absolute Gasteiger partial charge is 0.506 e. The molecule has 0 radical (unpaired) electrons. The highest BCUT2D eigenvalue weighted by Gasteiger charge is 2.50. The summed E-state index contributed by atoms with van der Waals surface area (Å²) in [5, 5.41) is 43.8. The lowest BCUT2D eigenvalue weighted by molar-refractivity contribution is -0.125. The molecule has 21 heteroatoms. The topological polar surface area (TPSA) is 297 Å². The molecule has 0 aromatic heterocycles. The van der Waals surface area contributed by atoms with Crippen molar-refractivity contribution in [3.05, 3.63) is 108 Å². The molecule has 3 aromatic rings. The molecular formula is C86H129N9O12. The monoisotopic (exact) mass is 1480 g/mol. The van der Waals surface area contributed by atoms with Gasteiger partial charge in [-0.25, -0.2) is 4.99 Å². The van der Waals surface area contributed by atoms with Gasteiger partial charge < -0.3 is 56.6 Å². The number of carbonyl (C=O) groups excluding carboxylic acids is 7. The quantitative estimate of drug-likeness (QED) is 0.0208. The molecule has 0 spiro atoms. The van der Waals surface area contributed by atoms with Gasteiger partial charge in [0, 0.05) is 145 Å². The number of carbonyl (C=O) groups is 7. The molecule has 21 nitrogen and oxygen atoms in total. The van der Waals surface area contributed by atoms with Gasteiger partial charge in [-0.2, -0.15) is 0 Å². The number of fused-ring (bicyclic) bond motifs is 3. The van der Waals surface area contributed by atoms with Crippen LogP contribution >= 0.6 is 0 Å². The first kappa shape index (κ1) is 87.5. The molecule has 3 aliphatic heterocycles. The molecular weight excluding hydrogens is 1350 g/mol. The van der Waals surface area contributed by atoms with E-state index in [9.17, 15) is 48.3 Å². The second-order valence-corrected chi connectivity index (χ2v) is 32.8. The Bertz CT molecular complexity index is 3920. The van der Waals surface area contributed by atoms with Gasteiger partial charge in [-0.15, -0.1) is 0 Å². The van der Waals surface area contributed by atoms with Crippen LogP contribution in [-0.2, 0) is 44.4 Å². The number of allylic oxidation sites excluding steroid dienone is 6. The Morgan fingerprint density at radius 3 is 1.33 bits per heavy atom. The predicted molar refractivity (Wildman–Crippen MR) is 432 cm³/mol. The van der Waals surface area contributed by atoms with Crippen molar-refractivity contribution >= 4 is 75.3 Å². The number of anilines is 4. The molecule has 2 aliphatic carbocycles. The fourth-order valence-corrected chi connectivity index (χ4v) is 15.6. The highest BCUT2D eigenvalue weighted by atomic mass is 16.3. The molecule has 0 saturated carbocycles. The van der Waals surface area contributed by atoms with Crippen molar-refractivity contribution in [2.45, 2.75) is 308 Å². The zero-order valence-corrected chi connectivity index (χ0v) is 68.4. The van der Waals surface area contributed by atoms with Gasteiger partial charge in [0.05, 0.1) is 22.5 Å². The Hall–Kier alpha value is -8.36. The minimum absolute atomic E-state index is 0.0128. The normalized spacial score (nSPS) is 19.9. The van der Waals surface area contributed by atoms with Gasteiger partial charge in [0.1, 0.15) is 5.76 Å². The van der Waals surface area contributed by atoms with Gasteiger partial charge in [-0.3, -0.25) is 43.2 Å². The molecule has 107 heavy (non-hydrogen) atoms. The number of aromatic hydroxyl groups is 2. The number of aliphatic imine (C=N–C) groups is 1. The van der Waals surface area contributed by atoms with E-state index in [0.717, 1.165) is 92.4 Å². The highest BCUT2D eigenvalue weighted by molar-refractivity contribution is 6.42. The third kappa shape index (κ3) is 20.5. The minimum atomic E-state index is -1.01. The molecule has 3 heterocycles. The van der Waals surface area contributed by atoms with Gasteiger partial charge >= 0.3 is 0 Å². The molecule has 3 aromatic carbocycles. The summed E-state index contributed by atoms with van der Waals surface area (Å²) < 4.78 is 0. The Morgan fingerprint density at radius 1 is 0.495 bits per heavy atom. The van der Waals surface area contributed by atoms with Gasteiger partial charge in [0.25, 0.3) is 10.9 Å². The molecule has 6 unspecified atom stereocenters. The molecule has 590 valence electrons. The molecule has 0 bridgehead atoms. The smallest absolute Gasteiger partial charge is 0.275 e. The maximum Gasteiger partial charge on any atom is 0.275 e. The van der Waals surface area contributed by atoms with Gasteiger partial charge in [-0.1, -0.05) is 147 Å². The number of unbranched alkanes of at least 4 members (excludes halogenated alkanes) is 3. The molecule has 1 saturated heterocycles. The van der Waals surface area contributed by atoms with Gasteiger partial charge in [-0.05, 0) is 152 Å². The van der Waals surface area contributed by atoms with Crippen LogP contribution in [0.25, 0.3) is 5.57 Å². The van der Waals surface area contributed by atoms with Crippen LogP contribution < -0.4 is 47.2 Å². The zero-order valence-electron chi connectivity index (χ0n) is 68.4. The van der Waals surface area contributed by atoms with Crippen molar-refractivity contribution < 1.29 is 48.9 Å². The Balaban J connectivity index is 0.000000376. The van der Waals surface area contributed by atoms with Crippen molar-refractivity contribution in [1.82, 2.24) is 20.9 Å². The maximum atomic E-state index is 14.9. The van der Waals surface area contributed by atoms with E-state index in [4.69, 9.17) is 10.2 Å². The average Bonchev–Trinajstić information content (AvgIpc) is 1.69. The summed E-state index contributed by atoms with van der Waals surface area (Å²) in [7, 11) is 0. The number of aliphatic hydroxyl groups excluding tert-OH is 1. The number of rotatable bonds is 33. The summed E-state index contributed by atoms with van der Waals surface area (Å²) in [6, 6.07) is 11.2. The first-order valence-electron chi connectivity index (χ1n) is 39.9. The molecule has 6 amide bonds. The number of ketones is 1. The van der Waals surface area contributed by atoms with Crippen molar-refractivity contribution in [1.29, 1.82) is 0 Å². The summed E-state index contributed by atoms with van der Waals surface area (Å²) in [4.78, 5) is 124. The maximum absolute atomic E-state index is 14.9. The molecule has 6 atom stereocenters. The van der Waals surface area contributed by atoms with E-state index in [1.165, 1.54) is 24.1 Å². The van der Waals surface area contributed by atoms with Gasteiger partial charge in [0.15, 0.2) is 0 Å². The summed E-state index contributed by atoms with van der Waals surface area (Å²) in [6.07, 6.45) is 17.0. The van der Waals surface area contributed by atoms with E-state index in [-0.39, 0.29) is 131 Å². The summed E-state index contributed by atoms with van der Waals surface area (Å²) in [6.45, 7) is 47.5. The lowest BCUT2D eigenvalue weighted by Gasteiger charge is -2.34. The fourth-order valence-electron chi connectivity index (χ4n) is 15.6. The lowest BCUT2D eigenvalue weighted by Crippen LogP contribution is -2.42. The number of nitrogens with one attached hydrogen (secondary N) is 5. The van der Waals surface area contributed by atoms with E-state index in [1.807, 2.05) is 30.4 Å². The second kappa shape index (κ2) is 38.1. The Labute approximate surface area is 637 Å². The first-order chi connectivity index (χ1) is 50.3.